The summed E-state index contributed by atoms with van der Waals surface area (Å²) in [6.45, 7) is 0. The van der Waals surface area contributed by atoms with Gasteiger partial charge in [0.15, 0.2) is 0 Å². The second kappa shape index (κ2) is 15.7. The van der Waals surface area contributed by atoms with Crippen LogP contribution in [0.5, 0.6) is 0 Å². The molecule has 0 spiro atoms. The van der Waals surface area contributed by atoms with Crippen LogP contribution in [0.25, 0.3) is 0 Å². The Kier molecular flexibility index (Phi) is 17.5. The smallest absolute Gasteiger partial charge is 0.304 e. The van der Waals surface area contributed by atoms with E-state index < -0.39 is 0 Å². The summed E-state index contributed by atoms with van der Waals surface area (Å²) in [6.07, 6.45) is 20.0. The second-order valence-corrected chi connectivity index (χ2v) is 3.48. The maximum absolute atomic E-state index is 2.99. The van der Waals surface area contributed by atoms with E-state index in [2.05, 4.69) is 29.7 Å². The zero-order valence-electron chi connectivity index (χ0n) is 9.43. The predicted molar refractivity (Wildman–Crippen MR) is 73.5 cm³/mol. The molecule has 0 atom stereocenters. The summed E-state index contributed by atoms with van der Waals surface area (Å²) < 4.78 is 0. The van der Waals surface area contributed by atoms with Gasteiger partial charge in [-0.1, -0.05) is 0 Å². The predicted octanol–water partition coefficient (Wildman–Crippen LogP) is 4.58. The third kappa shape index (κ3) is 13.6. The van der Waals surface area contributed by atoms with Crippen molar-refractivity contribution in [2.45, 2.75) is 12.8 Å². The molecule has 87 valence electrons. The molecule has 2 aliphatic rings. The van der Waals surface area contributed by atoms with Gasteiger partial charge in [-0.05, 0) is 0 Å². The van der Waals surface area contributed by atoms with Gasteiger partial charge in [-0.3, -0.25) is 12.2 Å². The van der Waals surface area contributed by atoms with Crippen LogP contribution < -0.4 is 0 Å². The summed E-state index contributed by atoms with van der Waals surface area (Å²) in [6, 6.07) is 3.86. The molecule has 0 fully saturated rings. The molecule has 0 amide bonds. The molecule has 0 saturated carbocycles. The first-order chi connectivity index (χ1) is 7.50. The van der Waals surface area contributed by atoms with Gasteiger partial charge in [0, 0.05) is 0 Å². The number of allylic oxidation sites excluding steroid dienone is 8. The average Bonchev–Trinajstić information content (AvgIpc) is 3.09. The molecular weight excluding hydrogens is 284 g/mol. The summed E-state index contributed by atoms with van der Waals surface area (Å²) in [4.78, 5) is 0. The number of rotatable bonds is 0. The Hall–Kier alpha value is -0.336. The van der Waals surface area contributed by atoms with Crippen molar-refractivity contribution in [2.75, 3.05) is 0 Å². The maximum atomic E-state index is 2.99. The molecule has 3 heteroatoms. The Morgan fingerprint density at radius 1 is 0.941 bits per heavy atom. The molecule has 0 bridgehead atoms. The Morgan fingerprint density at radius 2 is 1.53 bits per heavy atom. The van der Waals surface area contributed by atoms with Gasteiger partial charge in [0.05, 0.1) is 0 Å². The summed E-state index contributed by atoms with van der Waals surface area (Å²) >= 11 is 1.59. The third-order valence-electron chi connectivity index (χ3n) is 1.55. The van der Waals surface area contributed by atoms with E-state index in [9.17, 15) is 0 Å². The van der Waals surface area contributed by atoms with Gasteiger partial charge in [0.1, 0.15) is 0 Å². The Balaban J connectivity index is 0. The fourth-order valence-electron chi connectivity index (χ4n) is 0.877. The van der Waals surface area contributed by atoms with E-state index in [0.29, 0.717) is 0 Å². The Labute approximate surface area is 129 Å². The minimum Gasteiger partial charge on any atom is -0.304 e. The minimum absolute atomic E-state index is 0. The minimum atomic E-state index is 0. The Bertz CT molecular complexity index is 278. The standard InChI is InChI=1S/2C5H5.C4H3S.ClH.Ti/c3*1-2-4-5-3-1;;/h2*1-3H,4H2;1-3H;1H;/q3*-1;;+3. The third-order valence-corrected chi connectivity index (χ3v) is 2.12. The zero-order valence-corrected chi connectivity index (χ0v) is 12.6. The van der Waals surface area contributed by atoms with Crippen molar-refractivity contribution in [3.8, 4) is 0 Å². The van der Waals surface area contributed by atoms with Crippen molar-refractivity contribution in [3.05, 3.63) is 71.5 Å². The van der Waals surface area contributed by atoms with E-state index in [-0.39, 0.29) is 34.1 Å². The molecule has 2 aliphatic carbocycles. The van der Waals surface area contributed by atoms with E-state index in [1.807, 2.05) is 41.8 Å². The van der Waals surface area contributed by atoms with E-state index >= 15 is 0 Å². The van der Waals surface area contributed by atoms with Crippen molar-refractivity contribution in [2.24, 2.45) is 0 Å². The fourth-order valence-corrected chi connectivity index (χ4v) is 1.27. The average molecular weight is 298 g/mol. The topological polar surface area (TPSA) is 0 Å². The number of hydrogen-bond donors (Lipinski definition) is 0. The summed E-state index contributed by atoms with van der Waals surface area (Å²) in [5.74, 6) is 0. The van der Waals surface area contributed by atoms with E-state index in [4.69, 9.17) is 0 Å². The van der Waals surface area contributed by atoms with Crippen molar-refractivity contribution >= 4 is 23.7 Å². The quantitative estimate of drug-likeness (QED) is 0.486. The molecule has 1 heterocycles. The van der Waals surface area contributed by atoms with E-state index in [1.165, 1.54) is 0 Å². The number of thiophene rings is 1. The van der Waals surface area contributed by atoms with Gasteiger partial charge in [0.25, 0.3) is 0 Å². The van der Waals surface area contributed by atoms with Crippen LogP contribution in [0, 0.1) is 17.5 Å². The molecule has 0 aromatic carbocycles. The maximum Gasteiger partial charge on any atom is 3.00 e. The molecule has 17 heavy (non-hydrogen) atoms. The normalized spacial score (nSPS) is 12.7. The Morgan fingerprint density at radius 3 is 1.65 bits per heavy atom. The molecule has 0 N–H and O–H groups in total. The first kappa shape index (κ1) is 19.0. The molecule has 0 saturated heterocycles. The van der Waals surface area contributed by atoms with Gasteiger partial charge >= 0.3 is 21.7 Å². The second-order valence-electron chi connectivity index (χ2n) is 2.74. The van der Waals surface area contributed by atoms with Gasteiger partial charge in [-0.2, -0.15) is 23.6 Å². The van der Waals surface area contributed by atoms with Crippen LogP contribution >= 0.6 is 23.7 Å². The van der Waals surface area contributed by atoms with Crippen LogP contribution in [-0.2, 0) is 21.7 Å². The van der Waals surface area contributed by atoms with Crippen LogP contribution in [0.3, 0.4) is 0 Å². The fraction of sp³-hybridized carbons (Fsp3) is 0.143. The largest absolute Gasteiger partial charge is 3.00 e. The summed E-state index contributed by atoms with van der Waals surface area (Å²) in [5.41, 5.74) is 0. The monoisotopic (exact) mass is 297 g/mol. The van der Waals surface area contributed by atoms with Gasteiger partial charge in [0.2, 0.25) is 0 Å². The number of hydrogen-bond acceptors (Lipinski definition) is 1. The number of halogens is 1. The molecule has 1 aromatic rings. The van der Waals surface area contributed by atoms with Crippen molar-refractivity contribution in [1.29, 1.82) is 0 Å². The molecule has 1 aromatic heterocycles. The SMILES string of the molecule is Cl.[C-]1=CC=CC1.[C-]1=CC=CC1.[Ti+3].[c-]1cccs1. The zero-order chi connectivity index (χ0) is 10.6. The molecule has 0 unspecified atom stereocenters. The first-order valence-corrected chi connectivity index (χ1v) is 5.71. The molecule has 1 radical (unpaired) electrons. The van der Waals surface area contributed by atoms with Crippen LogP contribution in [0.4, 0.5) is 0 Å². The van der Waals surface area contributed by atoms with E-state index in [0.717, 1.165) is 12.8 Å². The van der Waals surface area contributed by atoms with Crippen LogP contribution in [0.15, 0.2) is 54.0 Å². The van der Waals surface area contributed by atoms with Gasteiger partial charge < -0.3 is 11.3 Å². The summed E-state index contributed by atoms with van der Waals surface area (Å²) in [5, 5.41) is 4.89. The summed E-state index contributed by atoms with van der Waals surface area (Å²) in [7, 11) is 0. The van der Waals surface area contributed by atoms with E-state index in [1.54, 1.807) is 11.3 Å². The first-order valence-electron chi connectivity index (χ1n) is 4.83. The molecular formula is C14H14ClSTi. The van der Waals surface area contributed by atoms with Gasteiger partial charge in [-0.25, -0.2) is 30.4 Å². The molecule has 0 nitrogen and oxygen atoms in total. The van der Waals surface area contributed by atoms with Crippen molar-refractivity contribution in [1.82, 2.24) is 0 Å². The molecule has 3 rings (SSSR count). The van der Waals surface area contributed by atoms with Crippen LogP contribution in [0.1, 0.15) is 12.8 Å². The van der Waals surface area contributed by atoms with Crippen molar-refractivity contribution < 1.29 is 21.7 Å². The van der Waals surface area contributed by atoms with Crippen LogP contribution in [0.2, 0.25) is 0 Å². The van der Waals surface area contributed by atoms with Crippen LogP contribution in [-0.4, -0.2) is 0 Å². The van der Waals surface area contributed by atoms with Gasteiger partial charge in [-0.15, -0.1) is 30.6 Å². The van der Waals surface area contributed by atoms with Crippen molar-refractivity contribution in [3.63, 3.8) is 0 Å². The molecule has 0 aliphatic heterocycles.